The van der Waals surface area contributed by atoms with Gasteiger partial charge in [0.1, 0.15) is 0 Å². The first-order valence-corrected chi connectivity index (χ1v) is 8.07. The molecule has 0 amide bonds. The summed E-state index contributed by atoms with van der Waals surface area (Å²) in [5, 5.41) is 0. The van der Waals surface area contributed by atoms with E-state index in [9.17, 15) is 8.42 Å². The Morgan fingerprint density at radius 3 is 2.43 bits per heavy atom. The topological polar surface area (TPSA) is 46.2 Å². The molecule has 1 N–H and O–H groups in total. The summed E-state index contributed by atoms with van der Waals surface area (Å²) < 4.78 is 26.4. The zero-order chi connectivity index (χ0) is 10.2. The maximum Gasteiger partial charge on any atom is 0.213 e. The van der Waals surface area contributed by atoms with Crippen molar-refractivity contribution in [2.24, 2.45) is 0 Å². The van der Waals surface area contributed by atoms with Crippen LogP contribution in [0.1, 0.15) is 38.5 Å². The number of hydrogen-bond acceptors (Lipinski definition) is 2. The molecular formula is C9H16INO2S. The monoisotopic (exact) mass is 329 g/mol. The quantitative estimate of drug-likeness (QED) is 0.544. The molecule has 1 spiro atoms. The molecule has 2 fully saturated rings. The first-order chi connectivity index (χ1) is 6.52. The van der Waals surface area contributed by atoms with Gasteiger partial charge >= 0.3 is 0 Å². The van der Waals surface area contributed by atoms with Crippen molar-refractivity contribution in [3.8, 4) is 0 Å². The predicted octanol–water partition coefficient (Wildman–Crippen LogP) is 1.82. The molecule has 5 heteroatoms. The van der Waals surface area contributed by atoms with E-state index in [1.807, 2.05) is 0 Å². The van der Waals surface area contributed by atoms with Crippen LogP contribution >= 0.6 is 22.6 Å². The van der Waals surface area contributed by atoms with E-state index in [2.05, 4.69) is 27.3 Å². The van der Waals surface area contributed by atoms with E-state index in [1.54, 1.807) is 0 Å². The minimum Gasteiger partial charge on any atom is -0.212 e. The third-order valence-corrected chi connectivity index (χ3v) is 6.26. The van der Waals surface area contributed by atoms with Crippen LogP contribution in [0, 0.1) is 0 Å². The van der Waals surface area contributed by atoms with E-state index in [0.717, 1.165) is 19.3 Å². The summed E-state index contributed by atoms with van der Waals surface area (Å²) in [6.07, 6.45) is 6.69. The number of sulfonamides is 1. The smallest absolute Gasteiger partial charge is 0.212 e. The van der Waals surface area contributed by atoms with E-state index in [4.69, 9.17) is 0 Å². The minimum atomic E-state index is -3.00. The summed E-state index contributed by atoms with van der Waals surface area (Å²) in [5.74, 6) is 0.301. The molecule has 1 saturated carbocycles. The van der Waals surface area contributed by atoms with Crippen molar-refractivity contribution in [2.45, 2.75) is 48.0 Å². The highest BCUT2D eigenvalue weighted by molar-refractivity contribution is 14.1. The standard InChI is InChI=1S/C9H16INO2S/c10-8-6-9(4-2-1-3-5-9)11-14(12,13)7-8/h8,11H,1-7H2/t8-/m1/s1. The zero-order valence-corrected chi connectivity index (χ0v) is 11.1. The van der Waals surface area contributed by atoms with Gasteiger partial charge in [-0.15, -0.1) is 0 Å². The molecule has 0 unspecified atom stereocenters. The maximum atomic E-state index is 11.6. The van der Waals surface area contributed by atoms with Crippen molar-refractivity contribution < 1.29 is 8.42 Å². The molecule has 0 aromatic carbocycles. The van der Waals surface area contributed by atoms with Crippen LogP contribution in [-0.4, -0.2) is 23.6 Å². The van der Waals surface area contributed by atoms with Gasteiger partial charge in [-0.3, -0.25) is 0 Å². The van der Waals surface area contributed by atoms with Gasteiger partial charge < -0.3 is 0 Å². The molecule has 2 aliphatic rings. The Balaban J connectivity index is 2.18. The van der Waals surface area contributed by atoms with Gasteiger partial charge in [-0.2, -0.15) is 0 Å². The first kappa shape index (κ1) is 11.1. The fourth-order valence-electron chi connectivity index (χ4n) is 2.67. The average molecular weight is 329 g/mol. The summed E-state index contributed by atoms with van der Waals surface area (Å²) in [4.78, 5) is 0. The summed E-state index contributed by atoms with van der Waals surface area (Å²) in [6.45, 7) is 0. The van der Waals surface area contributed by atoms with Crippen molar-refractivity contribution in [2.75, 3.05) is 5.75 Å². The van der Waals surface area contributed by atoms with E-state index in [0.29, 0.717) is 5.75 Å². The normalized spacial score (nSPS) is 35.6. The van der Waals surface area contributed by atoms with E-state index in [1.165, 1.54) is 19.3 Å². The highest BCUT2D eigenvalue weighted by Crippen LogP contribution is 2.37. The highest BCUT2D eigenvalue weighted by Gasteiger charge is 2.42. The van der Waals surface area contributed by atoms with Crippen molar-refractivity contribution in [1.29, 1.82) is 0 Å². The molecule has 1 atom stereocenters. The molecule has 14 heavy (non-hydrogen) atoms. The third-order valence-electron chi connectivity index (χ3n) is 3.20. The van der Waals surface area contributed by atoms with Crippen molar-refractivity contribution in [3.05, 3.63) is 0 Å². The number of nitrogens with one attached hydrogen (secondary N) is 1. The Kier molecular flexibility index (Phi) is 3.10. The molecule has 0 radical (unpaired) electrons. The number of rotatable bonds is 0. The van der Waals surface area contributed by atoms with E-state index in [-0.39, 0.29) is 9.46 Å². The van der Waals surface area contributed by atoms with E-state index >= 15 is 0 Å². The summed E-state index contributed by atoms with van der Waals surface area (Å²) in [6, 6.07) is 0. The molecule has 0 bridgehead atoms. The number of halogens is 1. The molecule has 3 nitrogen and oxygen atoms in total. The fraction of sp³-hybridized carbons (Fsp3) is 1.00. The molecule has 1 aliphatic heterocycles. The number of alkyl halides is 1. The Labute approximate surface area is 99.2 Å². The van der Waals surface area contributed by atoms with Crippen LogP contribution < -0.4 is 4.72 Å². The van der Waals surface area contributed by atoms with Crippen molar-refractivity contribution >= 4 is 32.6 Å². The molecular weight excluding hydrogens is 313 g/mol. The number of hydrogen-bond donors (Lipinski definition) is 1. The van der Waals surface area contributed by atoms with Gasteiger partial charge in [0.05, 0.1) is 5.75 Å². The van der Waals surface area contributed by atoms with Crippen molar-refractivity contribution in [3.63, 3.8) is 0 Å². The predicted molar refractivity (Wildman–Crippen MR) is 65.2 cm³/mol. The van der Waals surface area contributed by atoms with Crippen molar-refractivity contribution in [1.82, 2.24) is 4.72 Å². The highest BCUT2D eigenvalue weighted by atomic mass is 127. The lowest BCUT2D eigenvalue weighted by Crippen LogP contribution is -2.56. The fourth-order valence-corrected chi connectivity index (χ4v) is 6.56. The second-order valence-corrected chi connectivity index (χ2v) is 8.05. The molecule has 2 rings (SSSR count). The Hall–Kier alpha value is 0.640. The van der Waals surface area contributed by atoms with Crippen LogP contribution in [-0.2, 0) is 10.0 Å². The largest absolute Gasteiger partial charge is 0.213 e. The SMILES string of the molecule is O=S1(=O)C[C@H](I)CC2(CCCCC2)N1. The zero-order valence-electron chi connectivity index (χ0n) is 8.13. The molecule has 0 aromatic rings. The Morgan fingerprint density at radius 1 is 1.21 bits per heavy atom. The average Bonchev–Trinajstić information content (AvgIpc) is 2.00. The minimum absolute atomic E-state index is 0.0822. The lowest BCUT2D eigenvalue weighted by Gasteiger charge is -2.42. The summed E-state index contributed by atoms with van der Waals surface area (Å²) >= 11 is 2.28. The van der Waals surface area contributed by atoms with Crippen LogP contribution in [0.25, 0.3) is 0 Å². The second-order valence-electron chi connectivity index (χ2n) is 4.53. The molecule has 0 aromatic heterocycles. The second kappa shape index (κ2) is 3.90. The third kappa shape index (κ3) is 2.41. The van der Waals surface area contributed by atoms with E-state index < -0.39 is 10.0 Å². The first-order valence-electron chi connectivity index (χ1n) is 5.17. The van der Waals surface area contributed by atoms with Crippen LogP contribution in [0.15, 0.2) is 0 Å². The van der Waals surface area contributed by atoms with Gasteiger partial charge in [-0.1, -0.05) is 41.9 Å². The van der Waals surface area contributed by atoms with Gasteiger partial charge in [0.2, 0.25) is 10.0 Å². The molecule has 1 saturated heterocycles. The lowest BCUT2D eigenvalue weighted by atomic mass is 9.79. The van der Waals surface area contributed by atoms with Gasteiger partial charge in [-0.05, 0) is 19.3 Å². The summed E-state index contributed by atoms with van der Waals surface area (Å²) in [7, 11) is -3.00. The maximum absolute atomic E-state index is 11.6. The van der Waals surface area contributed by atoms with Crippen LogP contribution in [0.3, 0.4) is 0 Å². The lowest BCUT2D eigenvalue weighted by molar-refractivity contribution is 0.246. The van der Waals surface area contributed by atoms with Crippen LogP contribution in [0.4, 0.5) is 0 Å². The van der Waals surface area contributed by atoms with Gasteiger partial charge in [0, 0.05) is 9.46 Å². The Bertz CT molecular complexity index is 309. The van der Waals surface area contributed by atoms with Gasteiger partial charge in [0.15, 0.2) is 0 Å². The Morgan fingerprint density at radius 2 is 1.86 bits per heavy atom. The van der Waals surface area contributed by atoms with Crippen LogP contribution in [0.2, 0.25) is 0 Å². The molecule has 82 valence electrons. The van der Waals surface area contributed by atoms with Crippen LogP contribution in [0.5, 0.6) is 0 Å². The van der Waals surface area contributed by atoms with Gasteiger partial charge in [0.25, 0.3) is 0 Å². The molecule has 1 heterocycles. The molecule has 1 aliphatic carbocycles. The summed E-state index contributed by atoms with van der Waals surface area (Å²) in [5.41, 5.74) is -0.0822. The van der Waals surface area contributed by atoms with Gasteiger partial charge in [-0.25, -0.2) is 13.1 Å².